The van der Waals surface area contributed by atoms with Crippen LogP contribution < -0.4 is 14.8 Å². The van der Waals surface area contributed by atoms with Gasteiger partial charge in [-0.05, 0) is 83.9 Å². The molecule has 0 spiro atoms. The van der Waals surface area contributed by atoms with Crippen molar-refractivity contribution in [3.63, 3.8) is 0 Å². The van der Waals surface area contributed by atoms with Gasteiger partial charge in [0.05, 0.1) is 22.7 Å². The van der Waals surface area contributed by atoms with Gasteiger partial charge in [0, 0.05) is 36.1 Å². The van der Waals surface area contributed by atoms with Crippen LogP contribution in [-0.4, -0.2) is 66.6 Å². The van der Waals surface area contributed by atoms with Crippen molar-refractivity contribution in [2.45, 2.75) is 73.0 Å². The summed E-state index contributed by atoms with van der Waals surface area (Å²) in [5, 5.41) is 4.17. The Kier molecular flexibility index (Phi) is 11.5. The van der Waals surface area contributed by atoms with Gasteiger partial charge in [0.25, 0.3) is 0 Å². The fourth-order valence-corrected chi connectivity index (χ4v) is 6.87. The first kappa shape index (κ1) is 36.3. The van der Waals surface area contributed by atoms with Gasteiger partial charge in [-0.3, -0.25) is 4.72 Å². The third-order valence-electron chi connectivity index (χ3n) is 7.35. The summed E-state index contributed by atoms with van der Waals surface area (Å²) in [5.41, 5.74) is 0.982. The van der Waals surface area contributed by atoms with E-state index in [-0.39, 0.29) is 35.4 Å². The summed E-state index contributed by atoms with van der Waals surface area (Å²) in [6.45, 7) is 17.5. The minimum atomic E-state index is -3.81. The maximum atomic E-state index is 15.1. The van der Waals surface area contributed by atoms with Crippen LogP contribution in [0.3, 0.4) is 0 Å². The maximum absolute atomic E-state index is 15.1. The van der Waals surface area contributed by atoms with E-state index in [1.165, 1.54) is 6.07 Å². The van der Waals surface area contributed by atoms with E-state index in [0.717, 1.165) is 12.8 Å². The molecule has 4 rings (SSSR count). The quantitative estimate of drug-likeness (QED) is 0.122. The van der Waals surface area contributed by atoms with Crippen LogP contribution in [-0.2, 0) is 14.8 Å². The molecule has 48 heavy (non-hydrogen) atoms. The number of hydrogen-bond donors (Lipinski definition) is 2. The number of rotatable bonds is 11. The van der Waals surface area contributed by atoms with Crippen LogP contribution in [0.4, 0.5) is 20.8 Å². The van der Waals surface area contributed by atoms with Gasteiger partial charge in [-0.25, -0.2) is 32.6 Å². The zero-order valence-electron chi connectivity index (χ0n) is 28.6. The summed E-state index contributed by atoms with van der Waals surface area (Å²) in [5.74, 6) is -0.151. The molecule has 1 atom stereocenters. The minimum absolute atomic E-state index is 0.0881. The Morgan fingerprint density at radius 2 is 1.94 bits per heavy atom. The first-order valence-electron chi connectivity index (χ1n) is 15.9. The number of halogens is 1. The molecule has 1 saturated heterocycles. The average Bonchev–Trinajstić information content (AvgIpc) is 3.00. The summed E-state index contributed by atoms with van der Waals surface area (Å²) in [4.78, 5) is 27.7. The van der Waals surface area contributed by atoms with E-state index < -0.39 is 21.4 Å². The van der Waals surface area contributed by atoms with Gasteiger partial charge in [-0.1, -0.05) is 38.1 Å². The number of nitrogens with one attached hydrogen (secondary N) is 2. The Labute approximate surface area is 282 Å². The van der Waals surface area contributed by atoms with Crippen molar-refractivity contribution in [1.29, 1.82) is 0 Å². The number of aryl methyl sites for hydroxylation is 1. The number of sulfonamides is 1. The van der Waals surface area contributed by atoms with E-state index in [0.29, 0.717) is 52.4 Å². The van der Waals surface area contributed by atoms with Gasteiger partial charge < -0.3 is 19.7 Å². The first-order chi connectivity index (χ1) is 22.6. The summed E-state index contributed by atoms with van der Waals surface area (Å²) < 4.78 is 55.0. The van der Waals surface area contributed by atoms with E-state index in [1.807, 2.05) is 40.7 Å². The zero-order valence-corrected chi connectivity index (χ0v) is 29.4. The molecule has 1 fully saturated rings. The van der Waals surface area contributed by atoms with E-state index in [9.17, 15) is 13.2 Å². The number of nitrogens with zero attached hydrogens (tertiary/aromatic N) is 4. The molecule has 13 heteroatoms. The van der Waals surface area contributed by atoms with Crippen molar-refractivity contribution in [3.8, 4) is 5.75 Å². The number of amides is 1. The summed E-state index contributed by atoms with van der Waals surface area (Å²) in [7, 11) is -3.81. The molecule has 1 aromatic heterocycles. The smallest absolute Gasteiger partial charge is 0.410 e. The lowest BCUT2D eigenvalue weighted by atomic mass is 10.0. The molecule has 2 aromatic carbocycles. The second-order valence-electron chi connectivity index (χ2n) is 13.2. The standard InChI is InChI=1S/C35H45FN6O5S/c1-9-11-27(29-17-18-38-33(40-29)39-24-12-10-19-42(20-24)34(43)47-35(5,6)7)32(37-8)46-31-23(4)13-14-25-26(31)15-16-28(36)30(25)41-48(44,45)21-22(2)3/h9,11,13-18,22,24,41H,8,10,12,19-21H2,1-7H3,(H,38,39,40)/b11-9-,32-27-/t24-/m0/s1. The average molecular weight is 681 g/mol. The number of aliphatic imine (C=N–C) groups is 1. The summed E-state index contributed by atoms with van der Waals surface area (Å²) in [6.07, 6.45) is 6.48. The lowest BCUT2D eigenvalue weighted by Gasteiger charge is -2.34. The molecule has 0 unspecified atom stereocenters. The van der Waals surface area contributed by atoms with Gasteiger partial charge in [0.2, 0.25) is 21.9 Å². The largest absolute Gasteiger partial charge is 0.444 e. The van der Waals surface area contributed by atoms with Gasteiger partial charge >= 0.3 is 6.09 Å². The number of carbonyl (C=O) groups excluding carboxylic acids is 1. The van der Waals surface area contributed by atoms with E-state index in [4.69, 9.17) is 14.5 Å². The van der Waals surface area contributed by atoms with Crippen molar-refractivity contribution in [3.05, 3.63) is 71.6 Å². The van der Waals surface area contributed by atoms with Crippen LogP contribution >= 0.6 is 0 Å². The van der Waals surface area contributed by atoms with Crippen molar-refractivity contribution in [1.82, 2.24) is 14.9 Å². The zero-order chi connectivity index (χ0) is 35.2. The third-order valence-corrected chi connectivity index (χ3v) is 8.97. The van der Waals surface area contributed by atoms with Gasteiger partial charge in [0.15, 0.2) is 0 Å². The number of likely N-dealkylation sites (tertiary alicyclic amines) is 1. The predicted octanol–water partition coefficient (Wildman–Crippen LogP) is 7.31. The summed E-state index contributed by atoms with van der Waals surface area (Å²) in [6, 6.07) is 7.76. The molecule has 11 nitrogen and oxygen atoms in total. The highest BCUT2D eigenvalue weighted by Crippen LogP contribution is 2.38. The number of benzene rings is 2. The Hall–Kier alpha value is -4.52. The van der Waals surface area contributed by atoms with Gasteiger partial charge in [0.1, 0.15) is 17.2 Å². The molecule has 258 valence electrons. The molecule has 0 saturated carbocycles. The van der Waals surface area contributed by atoms with Crippen LogP contribution in [0.2, 0.25) is 0 Å². The lowest BCUT2D eigenvalue weighted by molar-refractivity contribution is 0.0206. The molecule has 1 aliphatic rings. The number of piperidine rings is 1. The lowest BCUT2D eigenvalue weighted by Crippen LogP contribution is -2.47. The number of carbonyl (C=O) groups is 1. The SMILES string of the molecule is C=N/C(Oc1c(C)ccc2c(NS(=O)(=O)CC(C)C)c(F)ccc12)=C(\C=C/C)c1ccnc(N[C@H]2CCCN(C(=O)OC(C)(C)C)C2)n1. The Morgan fingerprint density at radius 1 is 1.21 bits per heavy atom. The first-order valence-corrected chi connectivity index (χ1v) is 17.6. The molecule has 0 radical (unpaired) electrons. The van der Waals surface area contributed by atoms with E-state index >= 15 is 4.39 Å². The fourth-order valence-electron chi connectivity index (χ4n) is 5.39. The van der Waals surface area contributed by atoms with Crippen molar-refractivity contribution in [2.24, 2.45) is 10.9 Å². The van der Waals surface area contributed by atoms with Crippen LogP contribution in [0, 0.1) is 18.7 Å². The summed E-state index contributed by atoms with van der Waals surface area (Å²) >= 11 is 0. The van der Waals surface area contributed by atoms with Gasteiger partial charge in [-0.15, -0.1) is 0 Å². The predicted molar refractivity (Wildman–Crippen MR) is 189 cm³/mol. The number of anilines is 2. The molecule has 1 aliphatic heterocycles. The molecule has 0 bridgehead atoms. The van der Waals surface area contributed by atoms with Crippen LogP contribution in [0.5, 0.6) is 5.75 Å². The number of ether oxygens (including phenoxy) is 2. The molecule has 2 heterocycles. The molecule has 2 N–H and O–H groups in total. The molecular formula is C35H45FN6O5S. The highest BCUT2D eigenvalue weighted by Gasteiger charge is 2.28. The highest BCUT2D eigenvalue weighted by atomic mass is 32.2. The Bertz CT molecular complexity index is 1830. The second kappa shape index (κ2) is 15.1. The van der Waals surface area contributed by atoms with Crippen LogP contribution in [0.15, 0.2) is 59.6 Å². The van der Waals surface area contributed by atoms with Crippen molar-refractivity contribution in [2.75, 3.05) is 28.9 Å². The molecular weight excluding hydrogens is 635 g/mol. The van der Waals surface area contributed by atoms with Crippen LogP contribution in [0.25, 0.3) is 16.3 Å². The molecule has 3 aromatic rings. The number of aromatic nitrogens is 2. The third kappa shape index (κ3) is 9.30. The van der Waals surface area contributed by atoms with Crippen LogP contribution in [0.1, 0.15) is 65.6 Å². The fraction of sp³-hybridized carbons (Fsp3) is 0.429. The second-order valence-corrected chi connectivity index (χ2v) is 14.9. The number of hydrogen-bond acceptors (Lipinski definition) is 9. The highest BCUT2D eigenvalue weighted by molar-refractivity contribution is 7.92. The number of fused-ring (bicyclic) bond motifs is 1. The monoisotopic (exact) mass is 680 g/mol. The Morgan fingerprint density at radius 3 is 2.60 bits per heavy atom. The topological polar surface area (TPSA) is 135 Å². The van der Waals surface area contributed by atoms with Crippen molar-refractivity contribution >= 4 is 50.8 Å². The minimum Gasteiger partial charge on any atom is -0.444 e. The molecule has 0 aliphatic carbocycles. The Balaban J connectivity index is 1.67. The van der Waals surface area contributed by atoms with Crippen molar-refractivity contribution < 1.29 is 27.1 Å². The van der Waals surface area contributed by atoms with E-state index in [2.05, 4.69) is 26.7 Å². The van der Waals surface area contributed by atoms with E-state index in [1.54, 1.807) is 55.3 Å². The molecule has 1 amide bonds. The number of allylic oxidation sites excluding steroid dienone is 3. The normalized spacial score (nSPS) is 16.2. The van der Waals surface area contributed by atoms with Gasteiger partial charge in [-0.2, -0.15) is 0 Å². The maximum Gasteiger partial charge on any atom is 0.410 e.